The van der Waals surface area contributed by atoms with Gasteiger partial charge in [-0.3, -0.25) is 9.52 Å². The average molecular weight is 459 g/mol. The van der Waals surface area contributed by atoms with E-state index in [4.69, 9.17) is 9.47 Å². The number of ether oxygens (including phenoxy) is 2. The number of anilines is 2. The normalized spacial score (nSPS) is 11.0. The van der Waals surface area contributed by atoms with Gasteiger partial charge in [0, 0.05) is 5.69 Å². The molecule has 0 aromatic heterocycles. The lowest BCUT2D eigenvalue weighted by atomic mass is 10.2. The first-order valence-electron chi connectivity index (χ1n) is 9.92. The summed E-state index contributed by atoms with van der Waals surface area (Å²) in [6.07, 6.45) is 0. The maximum absolute atomic E-state index is 14.0. The van der Waals surface area contributed by atoms with E-state index in [1.165, 1.54) is 42.5 Å². The predicted octanol–water partition coefficient (Wildman–Crippen LogP) is 4.68. The Hall–Kier alpha value is -3.59. The lowest BCUT2D eigenvalue weighted by Gasteiger charge is -2.15. The number of benzene rings is 3. The van der Waals surface area contributed by atoms with E-state index in [1.807, 2.05) is 6.92 Å². The van der Waals surface area contributed by atoms with Crippen LogP contribution in [0.15, 0.2) is 71.6 Å². The zero-order valence-corrected chi connectivity index (χ0v) is 18.4. The van der Waals surface area contributed by atoms with Gasteiger partial charge in [0.2, 0.25) is 0 Å². The second-order valence-corrected chi connectivity index (χ2v) is 8.27. The smallest absolute Gasteiger partial charge is 0.261 e. The van der Waals surface area contributed by atoms with Crippen molar-refractivity contribution in [2.24, 2.45) is 0 Å². The van der Waals surface area contributed by atoms with Gasteiger partial charge in [-0.25, -0.2) is 12.8 Å². The minimum atomic E-state index is -3.97. The summed E-state index contributed by atoms with van der Waals surface area (Å²) < 4.78 is 53.1. The van der Waals surface area contributed by atoms with E-state index in [-0.39, 0.29) is 21.9 Å². The highest BCUT2D eigenvalue weighted by Crippen LogP contribution is 2.30. The van der Waals surface area contributed by atoms with E-state index in [0.29, 0.717) is 24.7 Å². The molecule has 0 atom stereocenters. The molecule has 0 saturated heterocycles. The molecule has 3 rings (SSSR count). The molecule has 0 fully saturated rings. The van der Waals surface area contributed by atoms with Crippen molar-refractivity contribution in [3.05, 3.63) is 78.1 Å². The summed E-state index contributed by atoms with van der Waals surface area (Å²) in [5, 5.41) is 2.54. The molecular formula is C23H23FN2O5S. The van der Waals surface area contributed by atoms with Crippen LogP contribution in [0.4, 0.5) is 15.8 Å². The maximum atomic E-state index is 14.0. The van der Waals surface area contributed by atoms with Gasteiger partial charge >= 0.3 is 0 Å². The summed E-state index contributed by atoms with van der Waals surface area (Å²) in [6.45, 7) is 4.39. The number of rotatable bonds is 9. The highest BCUT2D eigenvalue weighted by atomic mass is 32.2. The molecule has 7 nitrogen and oxygen atoms in total. The van der Waals surface area contributed by atoms with Gasteiger partial charge in [0.05, 0.1) is 29.4 Å². The predicted molar refractivity (Wildman–Crippen MR) is 120 cm³/mol. The summed E-state index contributed by atoms with van der Waals surface area (Å²) >= 11 is 0. The van der Waals surface area contributed by atoms with Gasteiger partial charge in [-0.15, -0.1) is 0 Å². The van der Waals surface area contributed by atoms with Crippen molar-refractivity contribution < 1.29 is 27.1 Å². The molecule has 0 saturated carbocycles. The minimum absolute atomic E-state index is 0.0985. The molecular weight excluding hydrogens is 435 g/mol. The Kier molecular flexibility index (Phi) is 7.32. The second kappa shape index (κ2) is 10.1. The van der Waals surface area contributed by atoms with Crippen LogP contribution in [0.5, 0.6) is 11.5 Å². The van der Waals surface area contributed by atoms with E-state index < -0.39 is 21.7 Å². The number of halogens is 1. The topological polar surface area (TPSA) is 93.7 Å². The Morgan fingerprint density at radius 1 is 0.938 bits per heavy atom. The fourth-order valence-electron chi connectivity index (χ4n) is 2.89. The van der Waals surface area contributed by atoms with Gasteiger partial charge < -0.3 is 14.8 Å². The van der Waals surface area contributed by atoms with Crippen LogP contribution in [-0.4, -0.2) is 27.5 Å². The van der Waals surface area contributed by atoms with Crippen molar-refractivity contribution in [2.75, 3.05) is 23.3 Å². The van der Waals surface area contributed by atoms with Crippen molar-refractivity contribution in [2.45, 2.75) is 18.7 Å². The summed E-state index contributed by atoms with van der Waals surface area (Å²) in [4.78, 5) is 12.4. The largest absolute Gasteiger partial charge is 0.494 e. The van der Waals surface area contributed by atoms with Crippen molar-refractivity contribution in [1.29, 1.82) is 0 Å². The molecule has 0 aliphatic heterocycles. The van der Waals surface area contributed by atoms with Crippen molar-refractivity contribution in [3.63, 3.8) is 0 Å². The number of hydrogen-bond acceptors (Lipinski definition) is 5. The van der Waals surface area contributed by atoms with Crippen molar-refractivity contribution in [3.8, 4) is 11.5 Å². The molecule has 0 aliphatic rings. The van der Waals surface area contributed by atoms with Gasteiger partial charge in [0.1, 0.15) is 17.3 Å². The molecule has 0 unspecified atom stereocenters. The Morgan fingerprint density at radius 3 is 2.28 bits per heavy atom. The maximum Gasteiger partial charge on any atom is 0.261 e. The van der Waals surface area contributed by atoms with E-state index in [2.05, 4.69) is 10.0 Å². The van der Waals surface area contributed by atoms with Gasteiger partial charge in [0.15, 0.2) is 0 Å². The van der Waals surface area contributed by atoms with E-state index in [0.717, 1.165) is 0 Å². The van der Waals surface area contributed by atoms with Crippen LogP contribution >= 0.6 is 0 Å². The van der Waals surface area contributed by atoms with Crippen molar-refractivity contribution >= 4 is 27.3 Å². The number of carbonyl (C=O) groups is 1. The summed E-state index contributed by atoms with van der Waals surface area (Å²) in [5.74, 6) is -0.533. The molecule has 168 valence electrons. The Labute approximate surface area is 186 Å². The first kappa shape index (κ1) is 23.1. The third kappa shape index (κ3) is 5.55. The number of amides is 1. The number of sulfonamides is 1. The SMILES string of the molecule is CCOc1ccc(NS(=O)(=O)c2ccc(OCC)c(NC(=O)c3ccccc3F)c2)cc1. The van der Waals surface area contributed by atoms with Crippen LogP contribution in [0.2, 0.25) is 0 Å². The molecule has 0 aliphatic carbocycles. The molecule has 3 aromatic carbocycles. The zero-order chi connectivity index (χ0) is 23.1. The second-order valence-electron chi connectivity index (χ2n) is 6.59. The average Bonchev–Trinajstić information content (AvgIpc) is 2.76. The monoisotopic (exact) mass is 458 g/mol. The summed E-state index contributed by atoms with van der Waals surface area (Å²) in [7, 11) is -3.97. The number of carbonyl (C=O) groups excluding carboxylic acids is 1. The molecule has 0 heterocycles. The highest BCUT2D eigenvalue weighted by molar-refractivity contribution is 7.92. The Bertz CT molecular complexity index is 1200. The van der Waals surface area contributed by atoms with Crippen LogP contribution < -0.4 is 19.5 Å². The van der Waals surface area contributed by atoms with E-state index in [9.17, 15) is 17.6 Å². The van der Waals surface area contributed by atoms with Crippen LogP contribution in [0.1, 0.15) is 24.2 Å². The molecule has 0 radical (unpaired) electrons. The standard InChI is InChI=1S/C23H23FN2O5S/c1-3-30-17-11-9-16(10-12-17)26-32(28,29)18-13-14-22(31-4-2)21(15-18)25-23(27)19-7-5-6-8-20(19)24/h5-15,26H,3-4H2,1-2H3,(H,25,27). The van der Waals surface area contributed by atoms with E-state index in [1.54, 1.807) is 31.2 Å². The lowest BCUT2D eigenvalue weighted by Crippen LogP contribution is -2.17. The molecule has 2 N–H and O–H groups in total. The summed E-state index contributed by atoms with van der Waals surface area (Å²) in [5.41, 5.74) is 0.282. The van der Waals surface area contributed by atoms with Crippen LogP contribution in [0.25, 0.3) is 0 Å². The molecule has 0 spiro atoms. The number of nitrogens with one attached hydrogen (secondary N) is 2. The molecule has 32 heavy (non-hydrogen) atoms. The van der Waals surface area contributed by atoms with Gasteiger partial charge in [-0.05, 0) is 68.4 Å². The molecule has 1 amide bonds. The van der Waals surface area contributed by atoms with Gasteiger partial charge in [-0.2, -0.15) is 0 Å². The first-order valence-corrected chi connectivity index (χ1v) is 11.4. The molecule has 9 heteroatoms. The Balaban J connectivity index is 1.88. The van der Waals surface area contributed by atoms with Gasteiger partial charge in [-0.1, -0.05) is 12.1 Å². The first-order chi connectivity index (χ1) is 15.3. The third-order valence-corrected chi connectivity index (χ3v) is 5.72. The highest BCUT2D eigenvalue weighted by Gasteiger charge is 2.19. The van der Waals surface area contributed by atoms with Gasteiger partial charge in [0.25, 0.3) is 15.9 Å². The quantitative estimate of drug-likeness (QED) is 0.486. The molecule has 3 aromatic rings. The zero-order valence-electron chi connectivity index (χ0n) is 17.6. The number of hydrogen-bond donors (Lipinski definition) is 2. The van der Waals surface area contributed by atoms with Crippen LogP contribution in [0, 0.1) is 5.82 Å². The molecule has 0 bridgehead atoms. The van der Waals surface area contributed by atoms with Crippen LogP contribution in [-0.2, 0) is 10.0 Å². The summed E-state index contributed by atoms with van der Waals surface area (Å²) in [6, 6.07) is 16.0. The van der Waals surface area contributed by atoms with E-state index >= 15 is 0 Å². The Morgan fingerprint density at radius 2 is 1.62 bits per heavy atom. The fraction of sp³-hybridized carbons (Fsp3) is 0.174. The van der Waals surface area contributed by atoms with Crippen molar-refractivity contribution in [1.82, 2.24) is 0 Å². The minimum Gasteiger partial charge on any atom is -0.494 e. The van der Waals surface area contributed by atoms with Crippen LogP contribution in [0.3, 0.4) is 0 Å². The lowest BCUT2D eigenvalue weighted by molar-refractivity contribution is 0.102. The third-order valence-electron chi connectivity index (χ3n) is 4.35. The fourth-order valence-corrected chi connectivity index (χ4v) is 3.97.